The van der Waals surface area contributed by atoms with Gasteiger partial charge in [-0.2, -0.15) is 0 Å². The number of carboxylic acids is 1. The number of hydrogen-bond acceptors (Lipinski definition) is 5. The monoisotopic (exact) mass is 198 g/mol. The lowest BCUT2D eigenvalue weighted by atomic mass is 10.2. The first-order chi connectivity index (χ1) is 6.59. The van der Waals surface area contributed by atoms with Gasteiger partial charge in [0.05, 0.1) is 0 Å². The van der Waals surface area contributed by atoms with Crippen molar-refractivity contribution in [2.75, 3.05) is 13.2 Å². The molecule has 0 aliphatic carbocycles. The zero-order valence-corrected chi connectivity index (χ0v) is 7.76. The van der Waals surface area contributed by atoms with Crippen LogP contribution in [0.15, 0.2) is 17.3 Å². The van der Waals surface area contributed by atoms with E-state index in [2.05, 4.69) is 4.99 Å². The molecule has 1 atom stereocenters. The maximum atomic E-state index is 10.4. The van der Waals surface area contributed by atoms with Crippen molar-refractivity contribution >= 4 is 11.8 Å². The summed E-state index contributed by atoms with van der Waals surface area (Å²) in [4.78, 5) is 16.3. The molecule has 0 aromatic carbocycles. The van der Waals surface area contributed by atoms with Crippen molar-refractivity contribution in [1.29, 1.82) is 0 Å². The fraction of sp³-hybridized carbons (Fsp3) is 0.500. The lowest BCUT2D eigenvalue weighted by Crippen LogP contribution is -2.35. The molecule has 6 nitrogen and oxygen atoms in total. The third kappa shape index (κ3) is 3.06. The number of rotatable bonds is 4. The summed E-state index contributed by atoms with van der Waals surface area (Å²) in [7, 11) is 0. The van der Waals surface area contributed by atoms with Crippen molar-refractivity contribution in [2.45, 2.75) is 12.5 Å². The van der Waals surface area contributed by atoms with Crippen molar-refractivity contribution in [1.82, 2.24) is 4.90 Å². The SMILES string of the molecule is NC1=NCN(CCC(N)C(=O)O)C=C1. The van der Waals surface area contributed by atoms with Crippen LogP contribution in [0.1, 0.15) is 6.42 Å². The zero-order chi connectivity index (χ0) is 10.6. The quantitative estimate of drug-likeness (QED) is 0.533. The Morgan fingerprint density at radius 2 is 2.50 bits per heavy atom. The number of hydrogen-bond donors (Lipinski definition) is 3. The number of carboxylic acid groups (broad SMARTS) is 1. The van der Waals surface area contributed by atoms with Gasteiger partial charge in [0.2, 0.25) is 0 Å². The molecule has 5 N–H and O–H groups in total. The smallest absolute Gasteiger partial charge is 0.320 e. The number of carbonyl (C=O) groups is 1. The van der Waals surface area contributed by atoms with Crippen molar-refractivity contribution in [3.8, 4) is 0 Å². The van der Waals surface area contributed by atoms with Gasteiger partial charge in [-0.1, -0.05) is 0 Å². The van der Waals surface area contributed by atoms with Gasteiger partial charge in [0, 0.05) is 12.7 Å². The Morgan fingerprint density at radius 3 is 3.00 bits per heavy atom. The number of amidine groups is 1. The van der Waals surface area contributed by atoms with E-state index in [1.807, 2.05) is 4.90 Å². The highest BCUT2D eigenvalue weighted by Gasteiger charge is 2.12. The Labute approximate surface area is 81.9 Å². The normalized spacial score (nSPS) is 17.8. The lowest BCUT2D eigenvalue weighted by molar-refractivity contribution is -0.138. The van der Waals surface area contributed by atoms with Gasteiger partial charge in [0.25, 0.3) is 0 Å². The molecule has 0 radical (unpaired) electrons. The maximum Gasteiger partial charge on any atom is 0.320 e. The Kier molecular flexibility index (Phi) is 3.47. The number of aliphatic carboxylic acids is 1. The number of aliphatic imine (C=N–C) groups is 1. The minimum absolute atomic E-state index is 0.398. The molecule has 0 spiro atoms. The summed E-state index contributed by atoms with van der Waals surface area (Å²) >= 11 is 0. The van der Waals surface area contributed by atoms with Gasteiger partial charge in [-0.25, -0.2) is 4.99 Å². The van der Waals surface area contributed by atoms with E-state index in [0.717, 1.165) is 0 Å². The minimum Gasteiger partial charge on any atom is -0.480 e. The number of nitrogens with two attached hydrogens (primary N) is 2. The van der Waals surface area contributed by atoms with Crippen LogP contribution in [0.25, 0.3) is 0 Å². The van der Waals surface area contributed by atoms with Gasteiger partial charge in [0.15, 0.2) is 0 Å². The second-order valence-corrected chi connectivity index (χ2v) is 3.09. The van der Waals surface area contributed by atoms with Crippen LogP contribution in [0, 0.1) is 0 Å². The van der Waals surface area contributed by atoms with Gasteiger partial charge in [-0.15, -0.1) is 0 Å². The van der Waals surface area contributed by atoms with Crippen LogP contribution in [-0.4, -0.2) is 41.1 Å². The molecule has 1 heterocycles. The van der Waals surface area contributed by atoms with Crippen LogP contribution in [0.5, 0.6) is 0 Å². The molecule has 1 rings (SSSR count). The van der Waals surface area contributed by atoms with Crippen LogP contribution in [0.3, 0.4) is 0 Å². The summed E-state index contributed by atoms with van der Waals surface area (Å²) in [6.45, 7) is 1.04. The predicted octanol–water partition coefficient (Wildman–Crippen LogP) is -1.07. The van der Waals surface area contributed by atoms with Crippen molar-refractivity contribution in [3.05, 3.63) is 12.3 Å². The highest BCUT2D eigenvalue weighted by molar-refractivity contribution is 5.91. The summed E-state index contributed by atoms with van der Waals surface area (Å²) in [5.74, 6) is -0.488. The van der Waals surface area contributed by atoms with E-state index in [9.17, 15) is 4.79 Å². The van der Waals surface area contributed by atoms with E-state index in [4.69, 9.17) is 16.6 Å². The molecule has 0 bridgehead atoms. The van der Waals surface area contributed by atoms with Crippen LogP contribution in [-0.2, 0) is 4.79 Å². The molecule has 1 unspecified atom stereocenters. The first kappa shape index (κ1) is 10.5. The summed E-state index contributed by atoms with van der Waals surface area (Å²) in [5, 5.41) is 8.54. The molecule has 0 saturated heterocycles. The minimum atomic E-state index is -0.978. The second kappa shape index (κ2) is 4.61. The fourth-order valence-electron chi connectivity index (χ4n) is 1.03. The van der Waals surface area contributed by atoms with Crippen LogP contribution in [0.4, 0.5) is 0 Å². The van der Waals surface area contributed by atoms with Gasteiger partial charge >= 0.3 is 5.97 Å². The molecule has 1 aliphatic heterocycles. The fourth-order valence-corrected chi connectivity index (χ4v) is 1.03. The molecule has 1 aliphatic rings. The Bertz CT molecular complexity index is 275. The largest absolute Gasteiger partial charge is 0.480 e. The second-order valence-electron chi connectivity index (χ2n) is 3.09. The van der Waals surface area contributed by atoms with Gasteiger partial charge in [0.1, 0.15) is 18.5 Å². The Balaban J connectivity index is 2.27. The molecule has 0 amide bonds. The Morgan fingerprint density at radius 1 is 1.79 bits per heavy atom. The van der Waals surface area contributed by atoms with Crippen molar-refractivity contribution in [3.63, 3.8) is 0 Å². The maximum absolute atomic E-state index is 10.4. The molecular weight excluding hydrogens is 184 g/mol. The topological polar surface area (TPSA) is 105 Å². The molecule has 78 valence electrons. The average Bonchev–Trinajstić information content (AvgIpc) is 2.16. The van der Waals surface area contributed by atoms with E-state index in [1.54, 1.807) is 12.3 Å². The molecule has 14 heavy (non-hydrogen) atoms. The Hall–Kier alpha value is -1.56. The highest BCUT2D eigenvalue weighted by atomic mass is 16.4. The average molecular weight is 198 g/mol. The summed E-state index contributed by atoms with van der Waals surface area (Å²) in [5.41, 5.74) is 10.8. The lowest BCUT2D eigenvalue weighted by Gasteiger charge is -2.21. The van der Waals surface area contributed by atoms with E-state index >= 15 is 0 Å². The molecule has 6 heteroatoms. The molecule has 0 saturated carbocycles. The van der Waals surface area contributed by atoms with E-state index in [1.165, 1.54) is 0 Å². The third-order valence-corrected chi connectivity index (χ3v) is 1.94. The first-order valence-electron chi connectivity index (χ1n) is 4.30. The standard InChI is InChI=1S/C8H14N4O2/c9-6(8(13)14)1-3-12-4-2-7(10)11-5-12/h2,4,6H,1,3,5,9H2,(H2,10,11)(H,13,14). The predicted molar refractivity (Wildman–Crippen MR) is 52.6 cm³/mol. The van der Waals surface area contributed by atoms with Crippen LogP contribution in [0.2, 0.25) is 0 Å². The van der Waals surface area contributed by atoms with Gasteiger partial charge < -0.3 is 21.5 Å². The molecular formula is C8H14N4O2. The summed E-state index contributed by atoms with van der Waals surface area (Å²) < 4.78 is 0. The number of nitrogens with zero attached hydrogens (tertiary/aromatic N) is 2. The third-order valence-electron chi connectivity index (χ3n) is 1.94. The van der Waals surface area contributed by atoms with E-state index < -0.39 is 12.0 Å². The van der Waals surface area contributed by atoms with Crippen LogP contribution >= 0.6 is 0 Å². The van der Waals surface area contributed by atoms with Gasteiger partial charge in [-0.3, -0.25) is 4.79 Å². The van der Waals surface area contributed by atoms with Gasteiger partial charge in [-0.05, 0) is 12.5 Å². The summed E-state index contributed by atoms with van der Waals surface area (Å²) in [6.07, 6.45) is 3.86. The molecule has 0 fully saturated rings. The first-order valence-corrected chi connectivity index (χ1v) is 4.30. The van der Waals surface area contributed by atoms with Crippen molar-refractivity contribution in [2.24, 2.45) is 16.5 Å². The summed E-state index contributed by atoms with van der Waals surface area (Å²) in [6, 6.07) is -0.813. The van der Waals surface area contributed by atoms with Crippen molar-refractivity contribution < 1.29 is 9.90 Å². The van der Waals surface area contributed by atoms with Crippen LogP contribution < -0.4 is 11.5 Å². The van der Waals surface area contributed by atoms with E-state index in [0.29, 0.717) is 25.5 Å². The molecule has 0 aromatic rings. The van der Waals surface area contributed by atoms with E-state index in [-0.39, 0.29) is 0 Å². The highest BCUT2D eigenvalue weighted by Crippen LogP contribution is 2.00. The molecule has 0 aromatic heterocycles. The zero-order valence-electron chi connectivity index (χ0n) is 7.76.